The zero-order valence-corrected chi connectivity index (χ0v) is 8.00. The molecule has 0 aromatic heterocycles. The second kappa shape index (κ2) is 3.72. The van der Waals surface area contributed by atoms with Gasteiger partial charge in [-0.25, -0.2) is 0 Å². The number of carbonyl (C=O) groups excluding carboxylic acids is 1. The van der Waals surface area contributed by atoms with E-state index < -0.39 is 0 Å². The number of hydrogen-bond acceptors (Lipinski definition) is 4. The molecule has 1 saturated heterocycles. The second-order valence-corrected chi connectivity index (χ2v) is 4.68. The van der Waals surface area contributed by atoms with E-state index in [1.54, 1.807) is 0 Å². The van der Waals surface area contributed by atoms with Crippen molar-refractivity contribution in [2.75, 3.05) is 13.2 Å². The van der Waals surface area contributed by atoms with E-state index in [0.29, 0.717) is 10.5 Å². The van der Waals surface area contributed by atoms with Crippen LogP contribution in [0.1, 0.15) is 6.42 Å². The van der Waals surface area contributed by atoms with Gasteiger partial charge in [-0.05, 0) is 6.42 Å². The first-order chi connectivity index (χ1) is 6.31. The lowest BCUT2D eigenvalue weighted by Gasteiger charge is -2.14. The molecule has 2 rings (SSSR count). The fourth-order valence-electron chi connectivity index (χ4n) is 1.76. The molecule has 3 unspecified atom stereocenters. The molecule has 72 valence electrons. The van der Waals surface area contributed by atoms with Gasteiger partial charge in [0, 0.05) is 10.5 Å². The summed E-state index contributed by atoms with van der Waals surface area (Å²) < 4.78 is 4.89. The lowest BCUT2D eigenvalue weighted by Crippen LogP contribution is -2.25. The predicted octanol–water partition coefficient (Wildman–Crippen LogP) is 0.582. The van der Waals surface area contributed by atoms with Crippen LogP contribution in [0.3, 0.4) is 0 Å². The smallest absolute Gasteiger partial charge is 0.310 e. The van der Waals surface area contributed by atoms with Crippen LogP contribution < -0.4 is 0 Å². The molecule has 0 aliphatic carbocycles. The molecule has 1 fully saturated rings. The van der Waals surface area contributed by atoms with Crippen LogP contribution in [-0.4, -0.2) is 34.8 Å². The third-order valence-corrected chi connectivity index (χ3v) is 3.87. The largest absolute Gasteiger partial charge is 0.463 e. The van der Waals surface area contributed by atoms with E-state index in [9.17, 15) is 4.79 Å². The molecule has 0 aromatic carbocycles. The van der Waals surface area contributed by atoms with Crippen molar-refractivity contribution >= 4 is 17.7 Å². The van der Waals surface area contributed by atoms with E-state index in [1.807, 2.05) is 11.8 Å². The lowest BCUT2D eigenvalue weighted by molar-refractivity contribution is -0.149. The highest BCUT2D eigenvalue weighted by molar-refractivity contribution is 8.01. The van der Waals surface area contributed by atoms with E-state index in [2.05, 4.69) is 12.2 Å². The highest BCUT2D eigenvalue weighted by atomic mass is 32.2. The number of thioether (sulfide) groups is 1. The number of fused-ring (bicyclic) bond motifs is 2. The SMILES string of the molecule is O=C(OCCO)C1CC2C=CC1S2. The molecule has 2 aliphatic heterocycles. The first kappa shape index (κ1) is 9.09. The number of rotatable bonds is 3. The van der Waals surface area contributed by atoms with Crippen molar-refractivity contribution in [2.24, 2.45) is 5.92 Å². The van der Waals surface area contributed by atoms with Gasteiger partial charge in [-0.15, -0.1) is 11.8 Å². The molecule has 1 N–H and O–H groups in total. The van der Waals surface area contributed by atoms with Gasteiger partial charge in [-0.2, -0.15) is 0 Å². The minimum Gasteiger partial charge on any atom is -0.463 e. The number of aliphatic hydroxyl groups is 1. The first-order valence-corrected chi connectivity index (χ1v) is 5.37. The Morgan fingerprint density at radius 3 is 3.00 bits per heavy atom. The first-order valence-electron chi connectivity index (χ1n) is 4.42. The number of carbonyl (C=O) groups is 1. The zero-order valence-electron chi connectivity index (χ0n) is 7.18. The van der Waals surface area contributed by atoms with Crippen LogP contribution in [0.4, 0.5) is 0 Å². The molecule has 0 aromatic rings. The van der Waals surface area contributed by atoms with Gasteiger partial charge in [0.1, 0.15) is 6.61 Å². The van der Waals surface area contributed by atoms with Crippen LogP contribution >= 0.6 is 11.8 Å². The van der Waals surface area contributed by atoms with Crippen LogP contribution in [0, 0.1) is 5.92 Å². The Morgan fingerprint density at radius 1 is 1.62 bits per heavy atom. The van der Waals surface area contributed by atoms with E-state index >= 15 is 0 Å². The molecule has 0 amide bonds. The Morgan fingerprint density at radius 2 is 2.46 bits per heavy atom. The minimum atomic E-state index is -0.154. The van der Waals surface area contributed by atoms with E-state index in [-0.39, 0.29) is 25.1 Å². The molecule has 0 saturated carbocycles. The van der Waals surface area contributed by atoms with Crippen LogP contribution in [0.2, 0.25) is 0 Å². The van der Waals surface area contributed by atoms with Gasteiger partial charge in [0.2, 0.25) is 0 Å². The zero-order chi connectivity index (χ0) is 9.26. The molecular weight excluding hydrogens is 188 g/mol. The molecule has 3 nitrogen and oxygen atoms in total. The third kappa shape index (κ3) is 1.74. The Hall–Kier alpha value is -0.480. The fraction of sp³-hybridized carbons (Fsp3) is 0.667. The Labute approximate surface area is 81.1 Å². The highest BCUT2D eigenvalue weighted by Gasteiger charge is 2.41. The van der Waals surface area contributed by atoms with Gasteiger partial charge in [0.25, 0.3) is 0 Å². The number of ether oxygens (including phenoxy) is 1. The summed E-state index contributed by atoms with van der Waals surface area (Å²) in [6.07, 6.45) is 5.14. The van der Waals surface area contributed by atoms with E-state index in [4.69, 9.17) is 9.84 Å². The summed E-state index contributed by atoms with van der Waals surface area (Å²) >= 11 is 1.83. The minimum absolute atomic E-state index is 0.0200. The van der Waals surface area contributed by atoms with Crippen LogP contribution in [0.15, 0.2) is 12.2 Å². The second-order valence-electron chi connectivity index (χ2n) is 3.26. The normalized spacial score (nSPS) is 35.3. The Bertz CT molecular complexity index is 239. The van der Waals surface area contributed by atoms with Crippen molar-refractivity contribution in [3.8, 4) is 0 Å². The maximum absolute atomic E-state index is 11.4. The Kier molecular flexibility index (Phi) is 2.60. The fourth-order valence-corrected chi connectivity index (χ4v) is 3.25. The van der Waals surface area contributed by atoms with Crippen LogP contribution in [0.25, 0.3) is 0 Å². The van der Waals surface area contributed by atoms with Crippen molar-refractivity contribution in [3.05, 3.63) is 12.2 Å². The maximum atomic E-state index is 11.4. The van der Waals surface area contributed by atoms with Gasteiger partial charge >= 0.3 is 5.97 Å². The molecule has 2 bridgehead atoms. The molecule has 13 heavy (non-hydrogen) atoms. The highest BCUT2D eigenvalue weighted by Crippen LogP contribution is 2.45. The topological polar surface area (TPSA) is 46.5 Å². The molecule has 3 atom stereocenters. The van der Waals surface area contributed by atoms with E-state index in [0.717, 1.165) is 6.42 Å². The molecule has 0 spiro atoms. The van der Waals surface area contributed by atoms with Crippen molar-refractivity contribution in [3.63, 3.8) is 0 Å². The third-order valence-electron chi connectivity index (χ3n) is 2.37. The van der Waals surface area contributed by atoms with Crippen molar-refractivity contribution in [1.82, 2.24) is 0 Å². The summed E-state index contributed by atoms with van der Waals surface area (Å²) in [7, 11) is 0. The number of aliphatic hydroxyl groups excluding tert-OH is 1. The van der Waals surface area contributed by atoms with Gasteiger partial charge < -0.3 is 9.84 Å². The van der Waals surface area contributed by atoms with Gasteiger partial charge in [-0.3, -0.25) is 4.79 Å². The summed E-state index contributed by atoms with van der Waals surface area (Å²) in [5.74, 6) is -0.134. The monoisotopic (exact) mass is 200 g/mol. The summed E-state index contributed by atoms with van der Waals surface area (Å²) in [5.41, 5.74) is 0. The summed E-state index contributed by atoms with van der Waals surface area (Å²) in [5, 5.41) is 9.32. The van der Waals surface area contributed by atoms with Crippen molar-refractivity contribution < 1.29 is 14.6 Å². The summed E-state index contributed by atoms with van der Waals surface area (Å²) in [6, 6.07) is 0. The van der Waals surface area contributed by atoms with Crippen LogP contribution in [-0.2, 0) is 9.53 Å². The Balaban J connectivity index is 1.88. The van der Waals surface area contributed by atoms with Gasteiger partial charge in [0.15, 0.2) is 0 Å². The molecular formula is C9H12O3S. The number of hydrogen-bond donors (Lipinski definition) is 1. The summed E-state index contributed by atoms with van der Waals surface area (Å²) in [6.45, 7) is 0.0383. The average molecular weight is 200 g/mol. The standard InChI is InChI=1S/C9H12O3S/c10-3-4-12-9(11)7-5-6-1-2-8(7)13-6/h1-2,6-8,10H,3-5H2. The summed E-state index contributed by atoms with van der Waals surface area (Å²) in [4.78, 5) is 11.4. The average Bonchev–Trinajstić information content (AvgIpc) is 2.74. The van der Waals surface area contributed by atoms with E-state index in [1.165, 1.54) is 0 Å². The maximum Gasteiger partial charge on any atom is 0.310 e. The molecule has 4 heteroatoms. The quantitative estimate of drug-likeness (QED) is 0.535. The molecule has 2 aliphatic rings. The van der Waals surface area contributed by atoms with Crippen molar-refractivity contribution in [1.29, 1.82) is 0 Å². The van der Waals surface area contributed by atoms with Gasteiger partial charge in [-0.1, -0.05) is 12.2 Å². The molecule has 0 radical (unpaired) electrons. The van der Waals surface area contributed by atoms with Crippen molar-refractivity contribution in [2.45, 2.75) is 16.9 Å². The predicted molar refractivity (Wildman–Crippen MR) is 50.5 cm³/mol. The number of esters is 1. The lowest BCUT2D eigenvalue weighted by atomic mass is 9.95. The van der Waals surface area contributed by atoms with Crippen LogP contribution in [0.5, 0.6) is 0 Å². The molecule has 2 heterocycles. The van der Waals surface area contributed by atoms with Gasteiger partial charge in [0.05, 0.1) is 12.5 Å².